The van der Waals surface area contributed by atoms with E-state index in [9.17, 15) is 4.79 Å². The number of benzene rings is 1. The van der Waals surface area contributed by atoms with Crippen LogP contribution < -0.4 is 11.1 Å². The summed E-state index contributed by atoms with van der Waals surface area (Å²) < 4.78 is 0. The number of nitrogens with one attached hydrogen (secondary N) is 2. The van der Waals surface area contributed by atoms with Gasteiger partial charge in [-0.05, 0) is 30.2 Å². The number of nitrogens with zero attached hydrogens (tertiary/aromatic N) is 1. The predicted molar refractivity (Wildman–Crippen MR) is 104 cm³/mol. The smallest absolute Gasteiger partial charge is 0.244 e. The third kappa shape index (κ3) is 4.92. The van der Waals surface area contributed by atoms with E-state index in [1.165, 1.54) is 6.08 Å². The minimum absolute atomic E-state index is 0. The van der Waals surface area contributed by atoms with Crippen LogP contribution in [-0.2, 0) is 11.2 Å². The van der Waals surface area contributed by atoms with Gasteiger partial charge in [-0.1, -0.05) is 30.3 Å². The largest absolute Gasteiger partial charge is 0.348 e. The van der Waals surface area contributed by atoms with Crippen molar-refractivity contribution in [2.24, 2.45) is 5.73 Å². The summed E-state index contributed by atoms with van der Waals surface area (Å²) in [7, 11) is 0. The summed E-state index contributed by atoms with van der Waals surface area (Å²) in [5.41, 5.74) is 8.67. The highest BCUT2D eigenvalue weighted by Gasteiger charge is 2.10. The first-order valence-electron chi connectivity index (χ1n) is 7.91. The van der Waals surface area contributed by atoms with Gasteiger partial charge >= 0.3 is 0 Å². The van der Waals surface area contributed by atoms with Gasteiger partial charge in [0.2, 0.25) is 5.91 Å². The van der Waals surface area contributed by atoms with Crippen molar-refractivity contribution in [3.05, 3.63) is 72.1 Å². The maximum Gasteiger partial charge on any atom is 0.244 e. The van der Waals surface area contributed by atoms with Crippen molar-refractivity contribution in [1.29, 1.82) is 0 Å². The molecule has 0 saturated heterocycles. The number of halogens is 1. The Kier molecular flexibility index (Phi) is 6.74. The molecule has 1 aromatic carbocycles. The minimum Gasteiger partial charge on any atom is -0.348 e. The zero-order valence-electron chi connectivity index (χ0n) is 13.7. The number of carbonyl (C=O) groups is 1. The van der Waals surface area contributed by atoms with E-state index in [1.807, 2.05) is 48.7 Å². The van der Waals surface area contributed by atoms with E-state index in [4.69, 9.17) is 5.73 Å². The molecule has 4 N–H and O–H groups in total. The van der Waals surface area contributed by atoms with E-state index in [0.29, 0.717) is 13.0 Å². The lowest BCUT2D eigenvalue weighted by atomic mass is 10.1. The van der Waals surface area contributed by atoms with Crippen LogP contribution in [-0.4, -0.2) is 28.5 Å². The Balaban J connectivity index is 0.00000225. The summed E-state index contributed by atoms with van der Waals surface area (Å²) in [6.45, 7) is 0.394. The molecule has 2 heterocycles. The van der Waals surface area contributed by atoms with Crippen LogP contribution in [0.4, 0.5) is 0 Å². The molecule has 2 aromatic heterocycles. The van der Waals surface area contributed by atoms with Crippen molar-refractivity contribution in [3.63, 3.8) is 0 Å². The molecule has 6 heteroatoms. The van der Waals surface area contributed by atoms with Gasteiger partial charge in [0.25, 0.3) is 0 Å². The molecule has 0 spiro atoms. The molecule has 1 atom stereocenters. The first-order chi connectivity index (χ1) is 11.8. The highest BCUT2D eigenvalue weighted by Crippen LogP contribution is 2.16. The van der Waals surface area contributed by atoms with Gasteiger partial charge in [0, 0.05) is 42.0 Å². The van der Waals surface area contributed by atoms with E-state index < -0.39 is 0 Å². The first-order valence-corrected chi connectivity index (χ1v) is 7.91. The molecule has 0 aliphatic rings. The zero-order chi connectivity index (χ0) is 16.8. The Bertz CT molecular complexity index is 845. The Morgan fingerprint density at radius 2 is 2.04 bits per heavy atom. The van der Waals surface area contributed by atoms with Crippen LogP contribution in [0.2, 0.25) is 0 Å². The molecular weight excluding hydrogens is 336 g/mol. The molecule has 0 radical (unpaired) electrons. The lowest BCUT2D eigenvalue weighted by Crippen LogP contribution is -2.40. The molecule has 3 aromatic rings. The van der Waals surface area contributed by atoms with Gasteiger partial charge in [-0.3, -0.25) is 4.79 Å². The van der Waals surface area contributed by atoms with Crippen molar-refractivity contribution in [3.8, 4) is 0 Å². The Morgan fingerprint density at radius 3 is 2.80 bits per heavy atom. The number of pyridine rings is 1. The number of carbonyl (C=O) groups excluding carboxylic acids is 1. The zero-order valence-corrected chi connectivity index (χ0v) is 14.5. The van der Waals surface area contributed by atoms with Crippen LogP contribution >= 0.6 is 12.4 Å². The number of hydrogen-bond donors (Lipinski definition) is 3. The number of fused-ring (bicyclic) bond motifs is 1. The van der Waals surface area contributed by atoms with E-state index in [0.717, 1.165) is 22.2 Å². The lowest BCUT2D eigenvalue weighted by molar-refractivity contribution is -0.117. The number of aromatic nitrogens is 2. The molecule has 0 aliphatic carbocycles. The second-order valence-corrected chi connectivity index (χ2v) is 5.61. The Hall–Kier alpha value is -2.63. The van der Waals surface area contributed by atoms with E-state index in [-0.39, 0.29) is 24.4 Å². The summed E-state index contributed by atoms with van der Waals surface area (Å²) >= 11 is 0. The van der Waals surface area contributed by atoms with Gasteiger partial charge in [-0.15, -0.1) is 12.4 Å². The molecule has 0 aliphatic heterocycles. The molecule has 130 valence electrons. The Morgan fingerprint density at radius 1 is 1.24 bits per heavy atom. The molecule has 5 nitrogen and oxygen atoms in total. The molecule has 1 amide bonds. The van der Waals surface area contributed by atoms with Crippen LogP contribution in [0.1, 0.15) is 11.1 Å². The van der Waals surface area contributed by atoms with Gasteiger partial charge in [0.1, 0.15) is 5.65 Å². The predicted octanol–water partition coefficient (Wildman–Crippen LogP) is 2.68. The summed E-state index contributed by atoms with van der Waals surface area (Å²) in [4.78, 5) is 19.5. The first kappa shape index (κ1) is 18.7. The number of aromatic amines is 1. The molecule has 3 rings (SSSR count). The molecule has 0 unspecified atom stereocenters. The summed E-state index contributed by atoms with van der Waals surface area (Å²) in [5, 5.41) is 3.94. The maximum atomic E-state index is 12.2. The third-order valence-electron chi connectivity index (χ3n) is 3.85. The van der Waals surface area contributed by atoms with E-state index >= 15 is 0 Å². The van der Waals surface area contributed by atoms with Crippen LogP contribution in [0, 0.1) is 0 Å². The van der Waals surface area contributed by atoms with Crippen LogP contribution in [0.3, 0.4) is 0 Å². The fraction of sp³-hybridized carbons (Fsp3) is 0.158. The monoisotopic (exact) mass is 356 g/mol. The van der Waals surface area contributed by atoms with Crippen molar-refractivity contribution < 1.29 is 4.79 Å². The average molecular weight is 357 g/mol. The minimum atomic E-state index is -0.153. The molecule has 25 heavy (non-hydrogen) atoms. The van der Waals surface area contributed by atoms with Gasteiger partial charge in [0.05, 0.1) is 0 Å². The highest BCUT2D eigenvalue weighted by atomic mass is 35.5. The molecule has 0 saturated carbocycles. The van der Waals surface area contributed by atoms with Crippen molar-refractivity contribution >= 4 is 35.4 Å². The second-order valence-electron chi connectivity index (χ2n) is 5.61. The standard InChI is InChI=1S/C19H20N4O.ClH/c20-12-16(11-14-5-2-1-3-6-14)23-18(24)9-8-15-13-22-19-17(15)7-4-10-21-19;/h1-10,13,16H,11-12,20H2,(H,21,22)(H,23,24);1H/t16-;/m1./s1. The number of amides is 1. The van der Waals surface area contributed by atoms with Gasteiger partial charge < -0.3 is 16.0 Å². The summed E-state index contributed by atoms with van der Waals surface area (Å²) in [6.07, 6.45) is 7.60. The van der Waals surface area contributed by atoms with Crippen LogP contribution in [0.5, 0.6) is 0 Å². The van der Waals surface area contributed by atoms with Crippen molar-refractivity contribution in [2.75, 3.05) is 6.54 Å². The van der Waals surface area contributed by atoms with Crippen LogP contribution in [0.25, 0.3) is 17.1 Å². The topological polar surface area (TPSA) is 83.8 Å². The molecule has 0 fully saturated rings. The summed E-state index contributed by atoms with van der Waals surface area (Å²) in [5.74, 6) is -0.153. The molecular formula is C19H21ClN4O. The van der Waals surface area contributed by atoms with Gasteiger partial charge in [-0.2, -0.15) is 0 Å². The SMILES string of the molecule is Cl.NC[C@@H](Cc1ccccc1)NC(=O)C=Cc1c[nH]c2ncccc12. The third-order valence-corrected chi connectivity index (χ3v) is 3.85. The fourth-order valence-corrected chi connectivity index (χ4v) is 2.62. The normalized spacial score (nSPS) is 12.0. The van der Waals surface area contributed by atoms with Gasteiger partial charge in [0.15, 0.2) is 0 Å². The number of hydrogen-bond acceptors (Lipinski definition) is 3. The lowest BCUT2D eigenvalue weighted by Gasteiger charge is -2.15. The second kappa shape index (κ2) is 9.01. The summed E-state index contributed by atoms with van der Waals surface area (Å²) in [6, 6.07) is 13.7. The number of nitrogens with two attached hydrogens (primary N) is 1. The highest BCUT2D eigenvalue weighted by molar-refractivity contribution is 5.95. The van der Waals surface area contributed by atoms with Crippen molar-refractivity contribution in [1.82, 2.24) is 15.3 Å². The van der Waals surface area contributed by atoms with Crippen molar-refractivity contribution in [2.45, 2.75) is 12.5 Å². The fourth-order valence-electron chi connectivity index (χ4n) is 2.62. The maximum absolute atomic E-state index is 12.2. The van der Waals surface area contributed by atoms with Crippen LogP contribution in [0.15, 0.2) is 60.9 Å². The van der Waals surface area contributed by atoms with E-state index in [1.54, 1.807) is 12.3 Å². The quantitative estimate of drug-likeness (QED) is 0.594. The average Bonchev–Trinajstić information content (AvgIpc) is 3.03. The van der Waals surface area contributed by atoms with E-state index in [2.05, 4.69) is 15.3 Å². The van der Waals surface area contributed by atoms with Gasteiger partial charge in [-0.25, -0.2) is 4.98 Å². The molecule has 0 bridgehead atoms. The number of rotatable bonds is 6. The number of H-pyrrole nitrogens is 1. The Labute approximate surface area is 152 Å².